The van der Waals surface area contributed by atoms with Crippen LogP contribution in [0.25, 0.3) is 28.3 Å². The Hall–Kier alpha value is -3.13. The van der Waals surface area contributed by atoms with Gasteiger partial charge >= 0.3 is 6.18 Å². The van der Waals surface area contributed by atoms with Crippen molar-refractivity contribution in [1.29, 1.82) is 0 Å². The fourth-order valence-electron chi connectivity index (χ4n) is 2.71. The molecule has 0 spiro atoms. The zero-order valence-corrected chi connectivity index (χ0v) is 14.7. The highest BCUT2D eigenvalue weighted by Crippen LogP contribution is 2.41. The molecule has 0 N–H and O–H groups in total. The standard InChI is InChI=1S/C19H10ClF4N3O/c20-18-16(14-10-15(28-26-14)11-4-2-1-3-5-11)17(19(22,23)24)25-27(18)13-8-6-12(21)7-9-13/h1-10H. The molecule has 0 radical (unpaired) electrons. The largest absolute Gasteiger partial charge is 0.435 e. The van der Waals surface area contributed by atoms with Crippen LogP contribution in [-0.4, -0.2) is 14.9 Å². The molecule has 0 aliphatic heterocycles. The Morgan fingerprint density at radius 3 is 2.29 bits per heavy atom. The molecule has 0 amide bonds. The molecule has 0 bridgehead atoms. The lowest BCUT2D eigenvalue weighted by Gasteiger charge is -2.03. The maximum absolute atomic E-state index is 13.6. The number of nitrogens with zero attached hydrogens (tertiary/aromatic N) is 3. The van der Waals surface area contributed by atoms with Gasteiger partial charge in [-0.15, -0.1) is 0 Å². The van der Waals surface area contributed by atoms with Gasteiger partial charge in [-0.3, -0.25) is 0 Å². The van der Waals surface area contributed by atoms with E-state index in [1.54, 1.807) is 30.3 Å². The van der Waals surface area contributed by atoms with Crippen LogP contribution in [0, 0.1) is 5.82 Å². The summed E-state index contributed by atoms with van der Waals surface area (Å²) < 4.78 is 60.0. The van der Waals surface area contributed by atoms with Crippen molar-refractivity contribution >= 4 is 11.6 Å². The molecule has 0 unspecified atom stereocenters. The van der Waals surface area contributed by atoms with Gasteiger partial charge in [-0.2, -0.15) is 18.3 Å². The van der Waals surface area contributed by atoms with Crippen molar-refractivity contribution in [2.24, 2.45) is 0 Å². The third-order valence-corrected chi connectivity index (χ3v) is 4.34. The minimum Gasteiger partial charge on any atom is -0.356 e. The van der Waals surface area contributed by atoms with Crippen molar-refractivity contribution in [2.75, 3.05) is 0 Å². The highest BCUT2D eigenvalue weighted by molar-refractivity contribution is 6.32. The van der Waals surface area contributed by atoms with E-state index in [0.717, 1.165) is 16.8 Å². The molecular weight excluding hydrogens is 398 g/mol. The number of rotatable bonds is 3. The van der Waals surface area contributed by atoms with Gasteiger partial charge in [-0.1, -0.05) is 47.1 Å². The summed E-state index contributed by atoms with van der Waals surface area (Å²) in [4.78, 5) is 0. The van der Waals surface area contributed by atoms with Crippen molar-refractivity contribution in [1.82, 2.24) is 14.9 Å². The average molecular weight is 408 g/mol. The van der Waals surface area contributed by atoms with Crippen LogP contribution in [0.2, 0.25) is 5.15 Å². The predicted octanol–water partition coefficient (Wildman–Crippen LogP) is 6.01. The molecule has 4 rings (SSSR count). The fraction of sp³-hybridized carbons (Fsp3) is 0.0526. The number of halogens is 5. The lowest BCUT2D eigenvalue weighted by molar-refractivity contribution is -0.140. The lowest BCUT2D eigenvalue weighted by atomic mass is 10.1. The van der Waals surface area contributed by atoms with Crippen LogP contribution in [0.4, 0.5) is 17.6 Å². The molecule has 0 fully saturated rings. The zero-order valence-electron chi connectivity index (χ0n) is 13.9. The van der Waals surface area contributed by atoms with Gasteiger partial charge in [-0.05, 0) is 24.3 Å². The molecule has 142 valence electrons. The van der Waals surface area contributed by atoms with Crippen LogP contribution in [0.5, 0.6) is 0 Å². The quantitative estimate of drug-likeness (QED) is 0.391. The SMILES string of the molecule is Fc1ccc(-n2nc(C(F)(F)F)c(-c3cc(-c4ccccc4)on3)c2Cl)cc1. The van der Waals surface area contributed by atoms with Gasteiger partial charge in [-0.25, -0.2) is 9.07 Å². The Bertz CT molecular complexity index is 1120. The topological polar surface area (TPSA) is 43.9 Å². The Balaban J connectivity index is 1.87. The van der Waals surface area contributed by atoms with E-state index < -0.39 is 23.3 Å². The van der Waals surface area contributed by atoms with E-state index in [1.807, 2.05) is 0 Å². The summed E-state index contributed by atoms with van der Waals surface area (Å²) in [6, 6.07) is 14.9. The van der Waals surface area contributed by atoms with Crippen LogP contribution in [0.15, 0.2) is 65.2 Å². The number of benzene rings is 2. The molecule has 4 aromatic rings. The van der Waals surface area contributed by atoms with Crippen molar-refractivity contribution in [3.05, 3.63) is 77.3 Å². The number of hydrogen-bond acceptors (Lipinski definition) is 3. The van der Waals surface area contributed by atoms with E-state index >= 15 is 0 Å². The van der Waals surface area contributed by atoms with Gasteiger partial charge in [0.05, 0.1) is 11.3 Å². The van der Waals surface area contributed by atoms with Crippen LogP contribution >= 0.6 is 11.6 Å². The Morgan fingerprint density at radius 2 is 1.64 bits per heavy atom. The van der Waals surface area contributed by atoms with Gasteiger partial charge in [0.2, 0.25) is 0 Å². The van der Waals surface area contributed by atoms with Crippen LogP contribution in [0.3, 0.4) is 0 Å². The first-order valence-electron chi connectivity index (χ1n) is 7.99. The van der Waals surface area contributed by atoms with Crippen molar-refractivity contribution in [3.63, 3.8) is 0 Å². The highest BCUT2D eigenvalue weighted by Gasteiger charge is 2.40. The third-order valence-electron chi connectivity index (χ3n) is 3.99. The van der Waals surface area contributed by atoms with Crippen LogP contribution in [-0.2, 0) is 6.18 Å². The molecule has 4 nitrogen and oxygen atoms in total. The molecule has 2 aromatic heterocycles. The van der Waals surface area contributed by atoms with E-state index in [-0.39, 0.29) is 22.3 Å². The second-order valence-electron chi connectivity index (χ2n) is 5.84. The zero-order chi connectivity index (χ0) is 19.9. The van der Waals surface area contributed by atoms with Gasteiger partial charge < -0.3 is 4.52 Å². The van der Waals surface area contributed by atoms with E-state index in [0.29, 0.717) is 5.56 Å². The first-order valence-corrected chi connectivity index (χ1v) is 8.36. The first-order chi connectivity index (χ1) is 13.3. The maximum Gasteiger partial charge on any atom is 0.435 e. The van der Waals surface area contributed by atoms with Crippen molar-refractivity contribution < 1.29 is 22.1 Å². The normalized spacial score (nSPS) is 11.8. The first kappa shape index (κ1) is 18.2. The Labute approximate surface area is 161 Å². The molecule has 28 heavy (non-hydrogen) atoms. The summed E-state index contributed by atoms with van der Waals surface area (Å²) >= 11 is 6.22. The van der Waals surface area contributed by atoms with Gasteiger partial charge in [0.1, 0.15) is 16.7 Å². The van der Waals surface area contributed by atoms with E-state index in [4.69, 9.17) is 16.1 Å². The van der Waals surface area contributed by atoms with Gasteiger partial charge in [0, 0.05) is 11.6 Å². The summed E-state index contributed by atoms with van der Waals surface area (Å²) in [5.74, 6) is -0.248. The summed E-state index contributed by atoms with van der Waals surface area (Å²) in [6.45, 7) is 0. The second kappa shape index (κ2) is 6.79. The molecule has 2 aromatic carbocycles. The monoisotopic (exact) mass is 407 g/mol. The lowest BCUT2D eigenvalue weighted by Crippen LogP contribution is -2.08. The van der Waals surface area contributed by atoms with E-state index in [2.05, 4.69) is 10.3 Å². The summed E-state index contributed by atoms with van der Waals surface area (Å²) in [7, 11) is 0. The van der Waals surface area contributed by atoms with Crippen LogP contribution < -0.4 is 0 Å². The average Bonchev–Trinajstić information content (AvgIpc) is 3.27. The second-order valence-corrected chi connectivity index (χ2v) is 6.20. The molecule has 0 aliphatic rings. The number of aromatic nitrogens is 3. The molecule has 2 heterocycles. The Morgan fingerprint density at radius 1 is 0.964 bits per heavy atom. The molecule has 9 heteroatoms. The van der Waals surface area contributed by atoms with E-state index in [9.17, 15) is 17.6 Å². The smallest absolute Gasteiger partial charge is 0.356 e. The van der Waals surface area contributed by atoms with Crippen molar-refractivity contribution in [2.45, 2.75) is 6.18 Å². The molecular formula is C19H10ClF4N3O. The predicted molar refractivity (Wildman–Crippen MR) is 94.5 cm³/mol. The van der Waals surface area contributed by atoms with Crippen LogP contribution in [0.1, 0.15) is 5.69 Å². The molecule has 0 aliphatic carbocycles. The maximum atomic E-state index is 13.6. The van der Waals surface area contributed by atoms with Gasteiger partial charge in [0.25, 0.3) is 0 Å². The Kier molecular flexibility index (Phi) is 4.43. The number of alkyl halides is 3. The molecule has 0 saturated heterocycles. The van der Waals surface area contributed by atoms with E-state index in [1.165, 1.54) is 18.2 Å². The minimum atomic E-state index is -4.78. The number of hydrogen-bond donors (Lipinski definition) is 0. The highest BCUT2D eigenvalue weighted by atomic mass is 35.5. The summed E-state index contributed by atoms with van der Waals surface area (Å²) in [5, 5.41) is 7.03. The molecule has 0 atom stereocenters. The van der Waals surface area contributed by atoms with Gasteiger partial charge in [0.15, 0.2) is 11.5 Å². The van der Waals surface area contributed by atoms with Crippen molar-refractivity contribution in [3.8, 4) is 28.3 Å². The summed E-state index contributed by atoms with van der Waals surface area (Å²) in [5.41, 5.74) is -0.907. The minimum absolute atomic E-state index is 0.107. The third kappa shape index (κ3) is 3.27. The summed E-state index contributed by atoms with van der Waals surface area (Å²) in [6.07, 6.45) is -4.78. The molecule has 0 saturated carbocycles. The fourth-order valence-corrected chi connectivity index (χ4v) is 3.03.